The van der Waals surface area contributed by atoms with Crippen LogP contribution in [0, 0.1) is 0 Å². The number of imidazole rings is 1. The van der Waals surface area contributed by atoms with E-state index < -0.39 is 53.9 Å². The van der Waals surface area contributed by atoms with E-state index in [0.29, 0.717) is 10.1 Å². The SMILES string of the molecule is CC(Oc1ccc(-c2nc3c(c(=O)[nH]c(=O)n3CC(O)C(F)(F)F)n2C)cc1OC(F)(F)F)c1ccc(Cl)c(Cl)c1. The first-order valence-electron chi connectivity index (χ1n) is 11.4. The summed E-state index contributed by atoms with van der Waals surface area (Å²) in [5.41, 5.74) is -2.81. The van der Waals surface area contributed by atoms with Gasteiger partial charge in [0, 0.05) is 12.6 Å². The van der Waals surface area contributed by atoms with Gasteiger partial charge in [0.15, 0.2) is 28.8 Å². The Bertz CT molecular complexity index is 1730. The Hall–Kier alpha value is -3.69. The minimum atomic E-state index is -5.15. The standard InChI is InChI=1S/C24H18Cl2F6N4O5/c1-10(11-3-5-13(25)14(26)7-11)40-15-6-4-12(8-16(15)41-24(30,31)32)19-33-20-18(35(19)2)21(38)34-22(39)36(20)9-17(37)23(27,28)29/h3-8,10,17,37H,9H2,1-2H3,(H,34,38,39). The number of alkyl halides is 6. The molecule has 9 nitrogen and oxygen atoms in total. The number of rotatable bonds is 7. The third-order valence-electron chi connectivity index (χ3n) is 5.89. The number of hydrogen-bond acceptors (Lipinski definition) is 6. The summed E-state index contributed by atoms with van der Waals surface area (Å²) in [6.45, 7) is 0.241. The number of benzene rings is 2. The van der Waals surface area contributed by atoms with Crippen molar-refractivity contribution in [1.82, 2.24) is 19.1 Å². The molecule has 2 aromatic carbocycles. The molecular weight excluding hydrogens is 609 g/mol. The highest BCUT2D eigenvalue weighted by Gasteiger charge is 2.39. The number of aliphatic hydroxyl groups is 1. The average molecular weight is 627 g/mol. The number of aliphatic hydroxyl groups excluding tert-OH is 1. The van der Waals surface area contributed by atoms with Crippen LogP contribution in [-0.2, 0) is 13.6 Å². The molecule has 2 heterocycles. The Morgan fingerprint density at radius 3 is 2.32 bits per heavy atom. The van der Waals surface area contributed by atoms with Gasteiger partial charge in [-0.15, -0.1) is 13.2 Å². The van der Waals surface area contributed by atoms with Crippen LogP contribution in [0.25, 0.3) is 22.6 Å². The Labute approximate surface area is 235 Å². The third-order valence-corrected chi connectivity index (χ3v) is 6.63. The van der Waals surface area contributed by atoms with Crippen LogP contribution in [0.2, 0.25) is 10.0 Å². The lowest BCUT2D eigenvalue weighted by Gasteiger charge is -2.19. The van der Waals surface area contributed by atoms with Gasteiger partial charge in [-0.25, -0.2) is 9.78 Å². The predicted octanol–water partition coefficient (Wildman–Crippen LogP) is 5.36. The molecule has 0 saturated heterocycles. The van der Waals surface area contributed by atoms with Crippen LogP contribution in [0.3, 0.4) is 0 Å². The van der Waals surface area contributed by atoms with E-state index in [0.717, 1.165) is 16.7 Å². The van der Waals surface area contributed by atoms with Crippen molar-refractivity contribution in [2.75, 3.05) is 0 Å². The Morgan fingerprint density at radius 1 is 1.02 bits per heavy atom. The van der Waals surface area contributed by atoms with E-state index in [9.17, 15) is 41.0 Å². The smallest absolute Gasteiger partial charge is 0.482 e. The van der Waals surface area contributed by atoms with Crippen LogP contribution in [-0.4, -0.2) is 42.9 Å². The van der Waals surface area contributed by atoms with Crippen LogP contribution in [0.15, 0.2) is 46.0 Å². The van der Waals surface area contributed by atoms with Crippen molar-refractivity contribution in [2.24, 2.45) is 7.05 Å². The summed E-state index contributed by atoms with van der Waals surface area (Å²) >= 11 is 11.9. The number of aromatic nitrogens is 4. The zero-order valence-electron chi connectivity index (χ0n) is 20.8. The van der Waals surface area contributed by atoms with Crippen LogP contribution in [0.5, 0.6) is 11.5 Å². The molecular formula is C24H18Cl2F6N4O5. The van der Waals surface area contributed by atoms with E-state index in [1.54, 1.807) is 6.07 Å². The number of aromatic amines is 1. The van der Waals surface area contributed by atoms with E-state index in [1.807, 2.05) is 4.98 Å². The van der Waals surface area contributed by atoms with Crippen molar-refractivity contribution >= 4 is 34.4 Å². The van der Waals surface area contributed by atoms with Crippen LogP contribution >= 0.6 is 23.2 Å². The van der Waals surface area contributed by atoms with Crippen molar-refractivity contribution < 1.29 is 40.9 Å². The Morgan fingerprint density at radius 2 is 1.71 bits per heavy atom. The molecule has 0 saturated carbocycles. The molecule has 0 radical (unpaired) electrons. The molecule has 41 heavy (non-hydrogen) atoms. The molecule has 0 aliphatic carbocycles. The lowest BCUT2D eigenvalue weighted by Crippen LogP contribution is -2.39. The molecule has 2 aromatic heterocycles. The molecule has 0 bridgehead atoms. The Balaban J connectivity index is 1.81. The number of nitrogens with zero attached hydrogens (tertiary/aromatic N) is 3. The monoisotopic (exact) mass is 626 g/mol. The van der Waals surface area contributed by atoms with Gasteiger partial charge < -0.3 is 19.1 Å². The highest BCUT2D eigenvalue weighted by Crippen LogP contribution is 2.39. The third kappa shape index (κ3) is 6.47. The van der Waals surface area contributed by atoms with Crippen LogP contribution < -0.4 is 20.7 Å². The van der Waals surface area contributed by atoms with Gasteiger partial charge in [-0.1, -0.05) is 29.3 Å². The summed E-state index contributed by atoms with van der Waals surface area (Å²) in [7, 11) is 1.26. The molecule has 4 rings (SSSR count). The van der Waals surface area contributed by atoms with E-state index in [-0.39, 0.29) is 32.7 Å². The number of fused-ring (bicyclic) bond motifs is 1. The second-order valence-corrected chi connectivity index (χ2v) is 9.55. The quantitative estimate of drug-likeness (QED) is 0.267. The fourth-order valence-electron chi connectivity index (χ4n) is 3.92. The molecule has 2 atom stereocenters. The summed E-state index contributed by atoms with van der Waals surface area (Å²) < 4.78 is 90.1. The maximum atomic E-state index is 13.3. The molecule has 0 spiro atoms. The second-order valence-electron chi connectivity index (χ2n) is 8.74. The van der Waals surface area contributed by atoms with Gasteiger partial charge in [0.1, 0.15) is 11.9 Å². The lowest BCUT2D eigenvalue weighted by molar-refractivity contribution is -0.275. The Kier molecular flexibility index (Phi) is 8.08. The first kappa shape index (κ1) is 30.3. The fourth-order valence-corrected chi connectivity index (χ4v) is 4.23. The molecule has 0 fully saturated rings. The molecule has 17 heteroatoms. The minimum Gasteiger partial charge on any atom is -0.482 e. The van der Waals surface area contributed by atoms with Crippen molar-refractivity contribution in [3.63, 3.8) is 0 Å². The highest BCUT2D eigenvalue weighted by molar-refractivity contribution is 6.42. The topological polar surface area (TPSA) is 111 Å². The summed E-state index contributed by atoms with van der Waals surface area (Å²) in [6, 6.07) is 7.81. The van der Waals surface area contributed by atoms with Crippen molar-refractivity contribution in [1.29, 1.82) is 0 Å². The first-order chi connectivity index (χ1) is 19.0. The second kappa shape index (κ2) is 10.9. The van der Waals surface area contributed by atoms with E-state index in [2.05, 4.69) is 9.72 Å². The molecule has 2 N–H and O–H groups in total. The number of ether oxygens (including phenoxy) is 2. The number of H-pyrrole nitrogens is 1. The molecule has 4 aromatic rings. The van der Waals surface area contributed by atoms with Crippen molar-refractivity contribution in [3.8, 4) is 22.9 Å². The van der Waals surface area contributed by atoms with E-state index in [4.69, 9.17) is 27.9 Å². The highest BCUT2D eigenvalue weighted by atomic mass is 35.5. The summed E-state index contributed by atoms with van der Waals surface area (Å²) in [4.78, 5) is 30.7. The average Bonchev–Trinajstić information content (AvgIpc) is 3.20. The molecule has 2 unspecified atom stereocenters. The maximum absolute atomic E-state index is 13.3. The normalized spacial score (nSPS) is 13.8. The first-order valence-corrected chi connectivity index (χ1v) is 12.2. The van der Waals surface area contributed by atoms with Gasteiger partial charge in [0.2, 0.25) is 0 Å². The van der Waals surface area contributed by atoms with E-state index >= 15 is 0 Å². The van der Waals surface area contributed by atoms with Gasteiger partial charge >= 0.3 is 18.2 Å². The largest absolute Gasteiger partial charge is 0.573 e. The molecule has 220 valence electrons. The lowest BCUT2D eigenvalue weighted by atomic mass is 10.1. The number of aryl methyl sites for hydroxylation is 1. The van der Waals surface area contributed by atoms with Gasteiger partial charge in [0.25, 0.3) is 5.56 Å². The fraction of sp³-hybridized carbons (Fsp3) is 0.292. The summed E-state index contributed by atoms with van der Waals surface area (Å²) in [6.07, 6.45) is -14.0. The number of hydrogen-bond donors (Lipinski definition) is 2. The van der Waals surface area contributed by atoms with Crippen LogP contribution in [0.1, 0.15) is 18.6 Å². The van der Waals surface area contributed by atoms with Gasteiger partial charge in [-0.3, -0.25) is 14.3 Å². The number of nitrogens with one attached hydrogen (secondary N) is 1. The molecule has 0 aliphatic heterocycles. The zero-order valence-corrected chi connectivity index (χ0v) is 22.3. The molecule has 0 aliphatic rings. The minimum absolute atomic E-state index is 0.0766. The summed E-state index contributed by atoms with van der Waals surface area (Å²) in [5.74, 6) is -1.35. The van der Waals surface area contributed by atoms with Crippen LogP contribution in [0.4, 0.5) is 26.3 Å². The predicted molar refractivity (Wildman–Crippen MR) is 135 cm³/mol. The van der Waals surface area contributed by atoms with Gasteiger partial charge in [0.05, 0.1) is 16.6 Å². The molecule has 0 amide bonds. The summed E-state index contributed by atoms with van der Waals surface area (Å²) in [5, 5.41) is 9.93. The van der Waals surface area contributed by atoms with Crippen molar-refractivity contribution in [3.05, 3.63) is 72.8 Å². The number of halogens is 8. The van der Waals surface area contributed by atoms with Gasteiger partial charge in [-0.2, -0.15) is 13.2 Å². The zero-order chi connectivity index (χ0) is 30.4. The van der Waals surface area contributed by atoms with Gasteiger partial charge in [-0.05, 0) is 42.8 Å². The van der Waals surface area contributed by atoms with Crippen molar-refractivity contribution in [2.45, 2.75) is 38.2 Å². The van der Waals surface area contributed by atoms with E-state index in [1.165, 1.54) is 32.2 Å². The maximum Gasteiger partial charge on any atom is 0.573 e.